The van der Waals surface area contributed by atoms with Crippen molar-refractivity contribution in [3.63, 3.8) is 0 Å². The van der Waals surface area contributed by atoms with Crippen molar-refractivity contribution in [2.75, 3.05) is 20.0 Å². The Morgan fingerprint density at radius 3 is 2.54 bits per heavy atom. The molecule has 2 N–H and O–H groups in total. The van der Waals surface area contributed by atoms with E-state index in [1.54, 1.807) is 0 Å². The standard InChI is InChI=1S/C15H13ClF2N2O4/c1-6-4-7(17)10(12(18)13(6)22-2)9-5-8(19)11(16)14(20-9)24-15(21)23-3/h4-5H,1-3H3,(H2,19,20). The Morgan fingerprint density at radius 1 is 1.29 bits per heavy atom. The topological polar surface area (TPSA) is 83.7 Å². The lowest BCUT2D eigenvalue weighted by Gasteiger charge is -2.13. The summed E-state index contributed by atoms with van der Waals surface area (Å²) < 4.78 is 42.8. The van der Waals surface area contributed by atoms with E-state index in [2.05, 4.69) is 9.72 Å². The third kappa shape index (κ3) is 3.18. The molecule has 0 saturated heterocycles. The zero-order valence-electron chi connectivity index (χ0n) is 12.9. The number of aryl methyl sites for hydroxylation is 1. The maximum absolute atomic E-state index is 14.6. The lowest BCUT2D eigenvalue weighted by atomic mass is 10.1. The van der Waals surface area contributed by atoms with E-state index in [1.807, 2.05) is 0 Å². The maximum Gasteiger partial charge on any atom is 0.514 e. The van der Waals surface area contributed by atoms with Gasteiger partial charge in [0.05, 0.1) is 31.2 Å². The Hall–Kier alpha value is -2.61. The van der Waals surface area contributed by atoms with Gasteiger partial charge in [-0.25, -0.2) is 18.6 Å². The van der Waals surface area contributed by atoms with E-state index in [-0.39, 0.29) is 27.7 Å². The maximum atomic E-state index is 14.6. The second-order valence-electron chi connectivity index (χ2n) is 4.67. The summed E-state index contributed by atoms with van der Waals surface area (Å²) in [7, 11) is 2.33. The largest absolute Gasteiger partial charge is 0.514 e. The van der Waals surface area contributed by atoms with Crippen LogP contribution in [0, 0.1) is 18.6 Å². The molecule has 0 amide bonds. The molecule has 6 nitrogen and oxygen atoms in total. The van der Waals surface area contributed by atoms with Crippen LogP contribution in [0.15, 0.2) is 12.1 Å². The molecule has 0 saturated carbocycles. The van der Waals surface area contributed by atoms with Gasteiger partial charge in [-0.15, -0.1) is 0 Å². The van der Waals surface area contributed by atoms with Crippen LogP contribution in [-0.4, -0.2) is 25.4 Å². The first-order valence-corrected chi connectivity index (χ1v) is 6.92. The molecule has 0 spiro atoms. The zero-order chi connectivity index (χ0) is 18.0. The molecular weight excluding hydrogens is 346 g/mol. The average molecular weight is 359 g/mol. The third-order valence-electron chi connectivity index (χ3n) is 3.12. The second-order valence-corrected chi connectivity index (χ2v) is 5.05. The van der Waals surface area contributed by atoms with Gasteiger partial charge in [0.25, 0.3) is 0 Å². The number of rotatable bonds is 3. The molecule has 0 aliphatic carbocycles. The predicted octanol–water partition coefficient (Wildman–Crippen LogP) is 3.72. The molecule has 2 rings (SSSR count). The van der Waals surface area contributed by atoms with Crippen molar-refractivity contribution in [2.24, 2.45) is 0 Å². The van der Waals surface area contributed by atoms with Crippen molar-refractivity contribution in [3.8, 4) is 22.9 Å². The SMILES string of the molecule is COC(=O)Oc1nc(-c2c(F)cc(C)c(OC)c2F)cc(N)c1Cl. The van der Waals surface area contributed by atoms with E-state index in [9.17, 15) is 13.6 Å². The number of hydrogen-bond acceptors (Lipinski definition) is 6. The normalized spacial score (nSPS) is 10.4. The minimum Gasteiger partial charge on any atom is -0.493 e. The van der Waals surface area contributed by atoms with E-state index in [4.69, 9.17) is 26.8 Å². The highest BCUT2D eigenvalue weighted by Gasteiger charge is 2.23. The molecular formula is C15H13ClF2N2O4. The lowest BCUT2D eigenvalue weighted by Crippen LogP contribution is -2.10. The van der Waals surface area contributed by atoms with Crippen LogP contribution in [0.5, 0.6) is 11.6 Å². The minimum absolute atomic E-state index is 0.0843. The molecule has 0 bridgehead atoms. The number of hydrogen-bond donors (Lipinski definition) is 1. The van der Waals surface area contributed by atoms with Crippen LogP contribution in [0.25, 0.3) is 11.3 Å². The lowest BCUT2D eigenvalue weighted by molar-refractivity contribution is 0.120. The molecule has 0 atom stereocenters. The number of nitrogen functional groups attached to an aromatic ring is 1. The van der Waals surface area contributed by atoms with E-state index < -0.39 is 29.2 Å². The first-order valence-electron chi connectivity index (χ1n) is 6.54. The molecule has 1 aromatic heterocycles. The fraction of sp³-hybridized carbons (Fsp3) is 0.200. The fourth-order valence-corrected chi connectivity index (χ4v) is 2.18. The third-order valence-corrected chi connectivity index (χ3v) is 3.50. The van der Waals surface area contributed by atoms with Gasteiger partial charge in [-0.2, -0.15) is 0 Å². The minimum atomic E-state index is -1.11. The first kappa shape index (κ1) is 17.7. The fourth-order valence-electron chi connectivity index (χ4n) is 2.05. The molecule has 128 valence electrons. The average Bonchev–Trinajstić information content (AvgIpc) is 2.51. The second kappa shape index (κ2) is 6.88. The van der Waals surface area contributed by atoms with Gasteiger partial charge in [0, 0.05) is 0 Å². The first-order chi connectivity index (χ1) is 11.3. The Kier molecular flexibility index (Phi) is 5.08. The summed E-state index contributed by atoms with van der Waals surface area (Å²) in [5.74, 6) is -2.42. The molecule has 0 radical (unpaired) electrons. The molecule has 2 aromatic rings. The number of aromatic nitrogens is 1. The van der Waals surface area contributed by atoms with Crippen LogP contribution in [0.1, 0.15) is 5.56 Å². The van der Waals surface area contributed by atoms with Gasteiger partial charge in [-0.1, -0.05) is 11.6 Å². The van der Waals surface area contributed by atoms with Crippen LogP contribution in [0.4, 0.5) is 19.3 Å². The molecule has 0 aliphatic heterocycles. The van der Waals surface area contributed by atoms with Gasteiger partial charge in [-0.3, -0.25) is 0 Å². The van der Waals surface area contributed by atoms with Crippen LogP contribution in [0.3, 0.4) is 0 Å². The van der Waals surface area contributed by atoms with Crippen molar-refractivity contribution >= 4 is 23.4 Å². The highest BCUT2D eigenvalue weighted by Crippen LogP contribution is 2.38. The Bertz CT molecular complexity index is 815. The molecule has 0 aliphatic rings. The summed E-state index contributed by atoms with van der Waals surface area (Å²) in [6.07, 6.45) is -1.11. The summed E-state index contributed by atoms with van der Waals surface area (Å²) in [4.78, 5) is 15.1. The van der Waals surface area contributed by atoms with Crippen molar-refractivity contribution in [2.45, 2.75) is 6.92 Å². The number of halogens is 3. The Balaban J connectivity index is 2.68. The quantitative estimate of drug-likeness (QED) is 0.842. The van der Waals surface area contributed by atoms with Crippen molar-refractivity contribution in [1.82, 2.24) is 4.98 Å². The molecule has 24 heavy (non-hydrogen) atoms. The highest BCUT2D eigenvalue weighted by molar-refractivity contribution is 6.34. The van der Waals surface area contributed by atoms with E-state index >= 15 is 0 Å². The van der Waals surface area contributed by atoms with Gasteiger partial charge in [0.2, 0.25) is 5.88 Å². The van der Waals surface area contributed by atoms with Crippen molar-refractivity contribution in [3.05, 3.63) is 34.4 Å². The number of nitrogens with zero attached hydrogens (tertiary/aromatic N) is 1. The van der Waals surface area contributed by atoms with E-state index in [1.165, 1.54) is 14.0 Å². The number of ether oxygens (including phenoxy) is 3. The summed E-state index contributed by atoms with van der Waals surface area (Å²) >= 11 is 5.88. The Labute approximate surface area is 141 Å². The molecule has 1 aromatic carbocycles. The molecule has 9 heteroatoms. The number of carbonyl (C=O) groups is 1. The van der Waals surface area contributed by atoms with Crippen LogP contribution >= 0.6 is 11.6 Å². The van der Waals surface area contributed by atoms with Gasteiger partial charge in [0.1, 0.15) is 10.8 Å². The van der Waals surface area contributed by atoms with E-state index in [0.717, 1.165) is 19.2 Å². The van der Waals surface area contributed by atoms with Gasteiger partial charge < -0.3 is 19.9 Å². The monoisotopic (exact) mass is 358 g/mol. The van der Waals surface area contributed by atoms with Crippen molar-refractivity contribution < 1.29 is 27.8 Å². The van der Waals surface area contributed by atoms with E-state index in [0.29, 0.717) is 0 Å². The summed E-state index contributed by atoms with van der Waals surface area (Å²) in [5, 5.41) is -0.191. The molecule has 0 unspecified atom stereocenters. The van der Waals surface area contributed by atoms with Crippen molar-refractivity contribution in [1.29, 1.82) is 0 Å². The number of anilines is 1. The summed E-state index contributed by atoms with van der Waals surface area (Å²) in [5.41, 5.74) is 5.17. The number of carbonyl (C=O) groups excluding carboxylic acids is 1. The highest BCUT2D eigenvalue weighted by atomic mass is 35.5. The summed E-state index contributed by atoms with van der Waals surface area (Å²) in [6.45, 7) is 1.49. The van der Waals surface area contributed by atoms with Gasteiger partial charge in [0.15, 0.2) is 11.6 Å². The molecule has 1 heterocycles. The molecule has 0 fully saturated rings. The zero-order valence-corrected chi connectivity index (χ0v) is 13.7. The van der Waals surface area contributed by atoms with Crippen LogP contribution in [0.2, 0.25) is 5.02 Å². The number of nitrogens with two attached hydrogens (primary N) is 1. The number of benzene rings is 1. The Morgan fingerprint density at radius 2 is 1.96 bits per heavy atom. The predicted molar refractivity (Wildman–Crippen MR) is 83.3 cm³/mol. The number of methoxy groups -OCH3 is 2. The number of pyridine rings is 1. The van der Waals surface area contributed by atoms with Crippen LogP contribution in [-0.2, 0) is 4.74 Å². The summed E-state index contributed by atoms with van der Waals surface area (Å²) in [6, 6.07) is 2.24. The van der Waals surface area contributed by atoms with Gasteiger partial charge in [-0.05, 0) is 24.6 Å². The van der Waals surface area contributed by atoms with Crippen LogP contribution < -0.4 is 15.2 Å². The van der Waals surface area contributed by atoms with Gasteiger partial charge >= 0.3 is 6.16 Å². The smallest absolute Gasteiger partial charge is 0.493 e.